The molecule has 1 aliphatic carbocycles. The van der Waals surface area contributed by atoms with Crippen LogP contribution in [0.5, 0.6) is 0 Å². The van der Waals surface area contributed by atoms with Gasteiger partial charge < -0.3 is 4.98 Å². The molecule has 1 aliphatic rings. The molecule has 1 aromatic carbocycles. The van der Waals surface area contributed by atoms with Gasteiger partial charge in [0.1, 0.15) is 15.7 Å². The van der Waals surface area contributed by atoms with Gasteiger partial charge in [0.15, 0.2) is 4.34 Å². The normalized spacial score (nSPS) is 13.5. The van der Waals surface area contributed by atoms with E-state index in [1.165, 1.54) is 34.0 Å². The average molecular weight is 458 g/mol. The lowest BCUT2D eigenvalue weighted by molar-refractivity contribution is -0.387. The van der Waals surface area contributed by atoms with Gasteiger partial charge in [-0.25, -0.2) is 4.98 Å². The van der Waals surface area contributed by atoms with Crippen molar-refractivity contribution < 1.29 is 4.92 Å². The van der Waals surface area contributed by atoms with Crippen molar-refractivity contribution in [1.29, 1.82) is 0 Å². The van der Waals surface area contributed by atoms with E-state index in [-0.39, 0.29) is 11.2 Å². The van der Waals surface area contributed by atoms with Crippen molar-refractivity contribution in [3.05, 3.63) is 54.1 Å². The molecule has 0 unspecified atom stereocenters. The third kappa shape index (κ3) is 3.42. The van der Waals surface area contributed by atoms with Gasteiger partial charge in [-0.15, -0.1) is 21.5 Å². The third-order valence-electron chi connectivity index (χ3n) is 4.96. The molecule has 3 aromatic heterocycles. The Labute approximate surface area is 182 Å². The number of nitro groups is 1. The summed E-state index contributed by atoms with van der Waals surface area (Å²) in [6, 6.07) is 4.85. The summed E-state index contributed by atoms with van der Waals surface area (Å²) in [5.41, 5.74) is 1.38. The van der Waals surface area contributed by atoms with E-state index in [9.17, 15) is 14.9 Å². The second-order valence-corrected chi connectivity index (χ2v) is 10.5. The number of nitro benzene ring substituents is 1. The minimum Gasteiger partial charge on any atom is -0.306 e. The Morgan fingerprint density at radius 3 is 2.80 bits per heavy atom. The lowest BCUT2D eigenvalue weighted by atomic mass is 9.97. The minimum atomic E-state index is -0.430. The molecule has 4 aromatic rings. The Morgan fingerprint density at radius 2 is 2.03 bits per heavy atom. The van der Waals surface area contributed by atoms with Crippen LogP contribution < -0.4 is 5.56 Å². The fraction of sp³-hybridized carbons (Fsp3) is 0.263. The Bertz CT molecular complexity index is 1360. The molecular formula is C19H15N5O3S3. The lowest BCUT2D eigenvalue weighted by Crippen LogP contribution is -2.11. The molecule has 30 heavy (non-hydrogen) atoms. The lowest BCUT2D eigenvalue weighted by Gasteiger charge is -2.09. The van der Waals surface area contributed by atoms with Crippen LogP contribution in [-0.4, -0.2) is 25.1 Å². The molecule has 0 amide bonds. The van der Waals surface area contributed by atoms with Crippen LogP contribution >= 0.6 is 34.4 Å². The standard InChI is InChI=1S/C19H15N5O3S3/c1-9-22-23-19(28-9)30-14-7-6-10(8-12(14)24(26)27)16-20-17(25)15-11-4-2-3-5-13(11)29-18(15)21-16/h6-8H,2-5H2,1H3,(H,20,21,25). The zero-order valence-electron chi connectivity index (χ0n) is 15.8. The highest BCUT2D eigenvalue weighted by atomic mass is 32.2. The van der Waals surface area contributed by atoms with E-state index in [1.807, 2.05) is 6.92 Å². The number of rotatable bonds is 4. The van der Waals surface area contributed by atoms with Crippen LogP contribution in [0.25, 0.3) is 21.6 Å². The Kier molecular flexibility index (Phi) is 4.88. The molecule has 0 aliphatic heterocycles. The van der Waals surface area contributed by atoms with Crippen molar-refractivity contribution in [2.45, 2.75) is 41.8 Å². The Hall–Kier alpha value is -2.63. The summed E-state index contributed by atoms with van der Waals surface area (Å²) in [5, 5.41) is 21.1. The van der Waals surface area contributed by atoms with Gasteiger partial charge in [0.25, 0.3) is 11.2 Å². The van der Waals surface area contributed by atoms with Crippen molar-refractivity contribution in [3.63, 3.8) is 0 Å². The van der Waals surface area contributed by atoms with E-state index in [4.69, 9.17) is 0 Å². The summed E-state index contributed by atoms with van der Waals surface area (Å²) < 4.78 is 0.639. The maximum atomic E-state index is 12.8. The van der Waals surface area contributed by atoms with E-state index in [1.54, 1.807) is 23.5 Å². The Balaban J connectivity index is 1.58. The molecule has 8 nitrogen and oxygen atoms in total. The second kappa shape index (κ2) is 7.56. The van der Waals surface area contributed by atoms with Gasteiger partial charge in [0.2, 0.25) is 0 Å². The van der Waals surface area contributed by atoms with Gasteiger partial charge >= 0.3 is 0 Å². The second-order valence-electron chi connectivity index (χ2n) is 6.93. The van der Waals surface area contributed by atoms with E-state index >= 15 is 0 Å². The number of thiophene rings is 1. The number of nitrogens with one attached hydrogen (secondary N) is 1. The number of benzene rings is 1. The highest BCUT2D eigenvalue weighted by Crippen LogP contribution is 2.39. The van der Waals surface area contributed by atoms with Crippen molar-refractivity contribution in [2.24, 2.45) is 0 Å². The smallest absolute Gasteiger partial charge is 0.284 e. The van der Waals surface area contributed by atoms with Crippen LogP contribution in [-0.2, 0) is 12.8 Å². The number of hydrogen-bond acceptors (Lipinski definition) is 9. The first-order valence-corrected chi connectivity index (χ1v) is 11.8. The van der Waals surface area contributed by atoms with E-state index < -0.39 is 4.92 Å². The van der Waals surface area contributed by atoms with Gasteiger partial charge in [0.05, 0.1) is 15.2 Å². The van der Waals surface area contributed by atoms with Crippen molar-refractivity contribution >= 4 is 50.3 Å². The number of hydrogen-bond donors (Lipinski definition) is 1. The highest BCUT2D eigenvalue weighted by Gasteiger charge is 2.22. The van der Waals surface area contributed by atoms with E-state index in [2.05, 4.69) is 20.2 Å². The number of aryl methyl sites for hydroxylation is 3. The molecule has 0 spiro atoms. The fourth-order valence-electron chi connectivity index (χ4n) is 3.61. The zero-order valence-corrected chi connectivity index (χ0v) is 18.2. The highest BCUT2D eigenvalue weighted by molar-refractivity contribution is 8.01. The largest absolute Gasteiger partial charge is 0.306 e. The van der Waals surface area contributed by atoms with Gasteiger partial charge in [-0.05, 0) is 50.3 Å². The van der Waals surface area contributed by atoms with Crippen LogP contribution in [0.3, 0.4) is 0 Å². The molecule has 5 rings (SSSR count). The minimum absolute atomic E-state index is 0.0569. The summed E-state index contributed by atoms with van der Waals surface area (Å²) in [6.45, 7) is 1.83. The molecule has 0 bridgehead atoms. The molecule has 1 N–H and O–H groups in total. The first-order valence-electron chi connectivity index (χ1n) is 9.31. The first-order chi connectivity index (χ1) is 14.5. The van der Waals surface area contributed by atoms with Crippen LogP contribution in [0.1, 0.15) is 28.3 Å². The van der Waals surface area contributed by atoms with Gasteiger partial charge in [-0.2, -0.15) is 0 Å². The maximum absolute atomic E-state index is 12.8. The molecule has 0 atom stereocenters. The quantitative estimate of drug-likeness (QED) is 0.347. The molecule has 0 fully saturated rings. The molecule has 0 saturated heterocycles. The molecule has 11 heteroatoms. The van der Waals surface area contributed by atoms with Crippen molar-refractivity contribution in [2.75, 3.05) is 0 Å². The number of nitrogens with zero attached hydrogens (tertiary/aromatic N) is 4. The number of aromatic amines is 1. The number of fused-ring (bicyclic) bond motifs is 3. The predicted octanol–water partition coefficient (Wildman–Crippen LogP) is 4.75. The monoisotopic (exact) mass is 457 g/mol. The molecule has 3 heterocycles. The van der Waals surface area contributed by atoms with Crippen molar-refractivity contribution in [1.82, 2.24) is 20.2 Å². The molecule has 0 saturated carbocycles. The predicted molar refractivity (Wildman–Crippen MR) is 118 cm³/mol. The van der Waals surface area contributed by atoms with E-state index in [0.717, 1.165) is 36.3 Å². The van der Waals surface area contributed by atoms with Crippen LogP contribution in [0.15, 0.2) is 32.2 Å². The fourth-order valence-corrected chi connectivity index (χ4v) is 6.73. The van der Waals surface area contributed by atoms with Crippen LogP contribution in [0.2, 0.25) is 0 Å². The third-order valence-corrected chi connectivity index (χ3v) is 8.10. The Morgan fingerprint density at radius 1 is 1.20 bits per heavy atom. The van der Waals surface area contributed by atoms with Gasteiger partial charge in [-0.1, -0.05) is 23.1 Å². The summed E-state index contributed by atoms with van der Waals surface area (Å²) in [7, 11) is 0. The molecular weight excluding hydrogens is 442 g/mol. The SMILES string of the molecule is Cc1nnc(Sc2ccc(-c3nc4sc5c(c4c(=O)[nH]3)CCCC5)cc2[N+](=O)[O-])s1. The molecule has 0 radical (unpaired) electrons. The maximum Gasteiger partial charge on any atom is 0.284 e. The average Bonchev–Trinajstić information content (AvgIpc) is 3.31. The summed E-state index contributed by atoms with van der Waals surface area (Å²) in [5.74, 6) is 0.345. The first kappa shape index (κ1) is 19.3. The van der Waals surface area contributed by atoms with Crippen LogP contribution in [0.4, 0.5) is 5.69 Å². The van der Waals surface area contributed by atoms with Gasteiger partial charge in [-0.3, -0.25) is 14.9 Å². The summed E-state index contributed by atoms with van der Waals surface area (Å²) in [4.78, 5) is 33.9. The number of H-pyrrole nitrogens is 1. The number of aromatic nitrogens is 4. The van der Waals surface area contributed by atoms with E-state index in [0.29, 0.717) is 30.8 Å². The zero-order chi connectivity index (χ0) is 20.8. The van der Waals surface area contributed by atoms with Crippen LogP contribution in [0, 0.1) is 17.0 Å². The summed E-state index contributed by atoms with van der Waals surface area (Å²) in [6.07, 6.45) is 4.10. The van der Waals surface area contributed by atoms with Crippen molar-refractivity contribution in [3.8, 4) is 11.4 Å². The van der Waals surface area contributed by atoms with Gasteiger partial charge in [0, 0.05) is 16.5 Å². The topological polar surface area (TPSA) is 115 Å². The molecule has 152 valence electrons. The summed E-state index contributed by atoms with van der Waals surface area (Å²) >= 11 is 4.14.